The molecular weight excluding hydrogens is 1310 g/mol. The lowest BCUT2D eigenvalue weighted by Gasteiger charge is -2.02. The van der Waals surface area contributed by atoms with Crippen LogP contribution in [0.25, 0.3) is 145 Å². The number of thiazole rings is 1. The van der Waals surface area contributed by atoms with Crippen LogP contribution < -0.4 is 22.8 Å². The van der Waals surface area contributed by atoms with Gasteiger partial charge < -0.3 is 4.42 Å². The van der Waals surface area contributed by atoms with Gasteiger partial charge in [-0.25, -0.2) is 48.2 Å². The summed E-state index contributed by atoms with van der Waals surface area (Å²) in [6, 6.07) is 59.0. The lowest BCUT2D eigenvalue weighted by Crippen LogP contribution is -2.33. The molecule has 0 spiro atoms. The number of pyridine rings is 5. The summed E-state index contributed by atoms with van der Waals surface area (Å²) in [4.78, 5) is 28.2. The Morgan fingerprint density at radius 2 is 0.845 bits per heavy atom. The maximum absolute atomic E-state index is 7.98. The molecule has 0 unspecified atom stereocenters. The molecule has 0 saturated carbocycles. The smallest absolute Gasteiger partial charge is 0.354 e. The van der Waals surface area contributed by atoms with Gasteiger partial charge in [-0.05, 0) is 114 Å². The average molecular weight is 1370 g/mol. The number of nitrogens with zero attached hydrogens (tertiary/aromatic N) is 23. The van der Waals surface area contributed by atoms with Gasteiger partial charge in [0.1, 0.15) is 51.5 Å². The third-order valence-corrected chi connectivity index (χ3v) is 21.4. The predicted octanol–water partition coefficient (Wildman–Crippen LogP) is 10.1. The molecule has 5 aliphatic rings. The fourth-order valence-electron chi connectivity index (χ4n) is 15.8. The van der Waals surface area contributed by atoms with Gasteiger partial charge in [-0.3, -0.25) is 13.5 Å². The van der Waals surface area contributed by atoms with Crippen molar-refractivity contribution in [2.45, 2.75) is 32.7 Å². The Bertz CT molecular complexity index is 7230. The van der Waals surface area contributed by atoms with E-state index in [0.717, 1.165) is 145 Å². The van der Waals surface area contributed by atoms with Crippen molar-refractivity contribution in [2.24, 2.45) is 14.0 Å². The highest BCUT2D eigenvalue weighted by Gasteiger charge is 2.40. The number of benzene rings is 1. The molecule has 0 aliphatic carbocycles. The van der Waals surface area contributed by atoms with Gasteiger partial charge in [-0.15, -0.1) is 28.8 Å². The SMILES string of the molecule is Cn1c2[n+](c3c1cc1cccnn13)Cc1cccnc1-2.[2H]C([2H])([2H])n1c2[n+](c3c1cc1cccnn13)Cc1cccnc1-2.c1ccc(-n2c3[n+](c4c2cc2cccnn24)Cc2cccnc2-3)cc1.c1cnc2c(c1)C[n+]1c-2oc2cc3cccnn3c21.c1cnc2c(c1)C[n+]1c-2sc2c1cc1ncccn12. The summed E-state index contributed by atoms with van der Waals surface area (Å²) in [6.07, 6.45) is 20.1. The molecule has 25 heteroatoms. The van der Waals surface area contributed by atoms with Crippen LogP contribution in [0.3, 0.4) is 0 Å². The molecule has 0 atom stereocenters. The summed E-state index contributed by atoms with van der Waals surface area (Å²) >= 11 is 1.79. The summed E-state index contributed by atoms with van der Waals surface area (Å²) in [6.45, 7) is 1.68. The van der Waals surface area contributed by atoms with Crippen LogP contribution in [0.5, 0.6) is 0 Å². The predicted molar refractivity (Wildman–Crippen MR) is 384 cm³/mol. The minimum absolute atomic E-state index is 0.598. The normalized spacial score (nSPS) is 13.5. The van der Waals surface area contributed by atoms with Crippen LogP contribution in [0.2, 0.25) is 0 Å². The second kappa shape index (κ2) is 21.8. The van der Waals surface area contributed by atoms with Gasteiger partial charge in [-0.1, -0.05) is 52.1 Å². The van der Waals surface area contributed by atoms with Crippen molar-refractivity contribution in [3.05, 3.63) is 272 Å². The first-order chi connectivity index (χ1) is 52.1. The Labute approximate surface area is 590 Å². The van der Waals surface area contributed by atoms with Crippen LogP contribution in [0, 0.1) is 0 Å². The van der Waals surface area contributed by atoms with E-state index < -0.39 is 6.98 Å². The minimum Gasteiger partial charge on any atom is -0.412 e. The molecule has 26 rings (SSSR count). The van der Waals surface area contributed by atoms with E-state index in [1.165, 1.54) is 47.7 Å². The Hall–Kier alpha value is -13.8. The van der Waals surface area contributed by atoms with Crippen molar-refractivity contribution in [1.29, 1.82) is 0 Å². The Balaban J connectivity index is 0.0000000830. The summed E-state index contributed by atoms with van der Waals surface area (Å²) < 4.78 is 56.7. The van der Waals surface area contributed by atoms with Crippen LogP contribution in [0.1, 0.15) is 31.9 Å². The molecule has 0 N–H and O–H groups in total. The van der Waals surface area contributed by atoms with Gasteiger partial charge in [0.25, 0.3) is 39.4 Å². The molecule has 0 fully saturated rings. The van der Waals surface area contributed by atoms with Crippen molar-refractivity contribution in [3.8, 4) is 62.5 Å². The summed E-state index contributed by atoms with van der Waals surface area (Å²) in [5.74, 6) is 3.71. The topological polar surface area (TPSA) is 198 Å². The van der Waals surface area contributed by atoms with Crippen molar-refractivity contribution < 1.29 is 31.4 Å². The first-order valence-corrected chi connectivity index (χ1v) is 34.5. The number of aromatic nitrogens is 23. The summed E-state index contributed by atoms with van der Waals surface area (Å²) in [7, 11) is 2.09. The first-order valence-electron chi connectivity index (χ1n) is 35.2. The monoisotopic (exact) mass is 1370 g/mol. The van der Waals surface area contributed by atoms with Crippen molar-refractivity contribution in [2.75, 3.05) is 0 Å². The third-order valence-electron chi connectivity index (χ3n) is 20.1. The number of imidazole rings is 3. The first kappa shape index (κ1) is 54.1. The molecular formula is C78H56N23OS+5. The largest absolute Gasteiger partial charge is 0.412 e. The van der Waals surface area contributed by atoms with Crippen molar-refractivity contribution >= 4 is 94.1 Å². The van der Waals surface area contributed by atoms with Crippen molar-refractivity contribution in [1.82, 2.24) is 86.5 Å². The molecule has 20 aromatic heterocycles. The third kappa shape index (κ3) is 8.35. The van der Waals surface area contributed by atoms with E-state index in [9.17, 15) is 0 Å². The fourth-order valence-corrected chi connectivity index (χ4v) is 17.1. The van der Waals surface area contributed by atoms with E-state index in [4.69, 9.17) is 8.53 Å². The Morgan fingerprint density at radius 3 is 1.44 bits per heavy atom. The number of hydrogen-bond donors (Lipinski definition) is 0. The molecule has 24 nitrogen and oxygen atoms in total. The molecule has 25 heterocycles. The minimum atomic E-state index is -2.29. The lowest BCUT2D eigenvalue weighted by molar-refractivity contribution is -0.651. The second-order valence-electron chi connectivity index (χ2n) is 25.9. The highest BCUT2D eigenvalue weighted by Crippen LogP contribution is 2.38. The van der Waals surface area contributed by atoms with E-state index in [1.54, 1.807) is 40.6 Å². The molecule has 0 radical (unpaired) electrons. The number of hydrogen-bond acceptors (Lipinski definition) is 12. The molecule has 0 amide bonds. The molecule has 103 heavy (non-hydrogen) atoms. The van der Waals surface area contributed by atoms with E-state index in [0.29, 0.717) is 17.9 Å². The van der Waals surface area contributed by atoms with Crippen LogP contribution in [0.4, 0.5) is 0 Å². The maximum atomic E-state index is 7.98. The van der Waals surface area contributed by atoms with Gasteiger partial charge in [0.2, 0.25) is 11.1 Å². The molecule has 5 aliphatic heterocycles. The van der Waals surface area contributed by atoms with Gasteiger partial charge in [0.05, 0.1) is 74.2 Å². The number of fused-ring (bicyclic) bond motifs is 35. The van der Waals surface area contributed by atoms with Crippen LogP contribution in [0.15, 0.2) is 249 Å². The standard InChI is InChI=1S/C20H14N5.2C15H12N5.C14H9N4O.C14H9N4S/c1-2-7-15(8-3-1)24-17-12-16-9-5-11-22-25(16)19(17)23-13-14-6-4-10-21-18(14)20(23)24;2*1-18-12-8-11-5-3-7-17-20(11)14(12)19-9-10-4-2-6-16-13(10)15(18)19;1-3-9-8-17-13-11(19-14(17)12(9)15-5-1)7-10-4-2-6-16-18(10)13;1-3-9-8-18-10-7-11-15-5-2-6-17(11)13(10)19-14(18)12(9)16-4-1/h1-12H,13H2;2*2-8H,9H2,1H3;2*1-7H,8H2/q5*+1/i;1D3;;;. The number of rotatable bonds is 1. The summed E-state index contributed by atoms with van der Waals surface area (Å²) in [5.41, 5.74) is 26.3. The zero-order valence-electron chi connectivity index (χ0n) is 57.7. The second-order valence-corrected chi connectivity index (χ2v) is 26.8. The zero-order valence-corrected chi connectivity index (χ0v) is 55.5. The molecule has 21 aromatic rings. The maximum Gasteiger partial charge on any atom is 0.354 e. The molecule has 490 valence electrons. The Morgan fingerprint density at radius 1 is 0.398 bits per heavy atom. The molecule has 0 saturated heterocycles. The molecule has 1 aromatic carbocycles. The van der Waals surface area contributed by atoms with Gasteiger partial charge in [-0.2, -0.15) is 9.13 Å². The van der Waals surface area contributed by atoms with Crippen LogP contribution in [-0.4, -0.2) is 86.5 Å². The van der Waals surface area contributed by atoms with E-state index in [1.807, 2.05) is 152 Å². The quantitative estimate of drug-likeness (QED) is 0.142. The summed E-state index contributed by atoms with van der Waals surface area (Å²) in [5, 5.41) is 19.1. The lowest BCUT2D eigenvalue weighted by atomic mass is 10.2. The number of oxazole rings is 1. The van der Waals surface area contributed by atoms with E-state index >= 15 is 0 Å². The average Bonchev–Trinajstić information content (AvgIpc) is 1.56. The van der Waals surface area contributed by atoms with Gasteiger partial charge in [0.15, 0.2) is 44.8 Å². The highest BCUT2D eigenvalue weighted by molar-refractivity contribution is 7.20. The highest BCUT2D eigenvalue weighted by atomic mass is 32.1. The van der Waals surface area contributed by atoms with E-state index in [2.05, 4.69) is 174 Å². The van der Waals surface area contributed by atoms with E-state index in [-0.39, 0.29) is 0 Å². The fraction of sp³-hybridized carbons (Fsp3) is 0.0897. The number of para-hydroxylation sites is 1. The van der Waals surface area contributed by atoms with Gasteiger partial charge >= 0.3 is 11.5 Å². The van der Waals surface area contributed by atoms with Crippen LogP contribution in [-0.2, 0) is 46.7 Å². The van der Waals surface area contributed by atoms with Gasteiger partial charge in [0, 0.05) is 89.9 Å². The zero-order chi connectivity index (χ0) is 70.2. The number of aryl methyl sites for hydroxylation is 2. The van der Waals surface area contributed by atoms with Crippen molar-refractivity contribution in [3.63, 3.8) is 0 Å². The van der Waals surface area contributed by atoms with Crippen LogP contribution >= 0.6 is 11.3 Å². The Kier molecular flexibility index (Phi) is 11.5. The molecule has 0 bridgehead atoms.